The number of alkyl halides is 3. The highest BCUT2D eigenvalue weighted by Gasteiger charge is 2.28. The molecule has 0 radical (unpaired) electrons. The molecule has 0 fully saturated rings. The molecule has 2 N–H and O–H groups in total. The Bertz CT molecular complexity index is 456. The maximum Gasteiger partial charge on any atom is 0.422 e. The normalized spacial score (nSPS) is 10.9. The number of carbonyl (C=O) groups excluding carboxylic acids is 1. The van der Waals surface area contributed by atoms with Gasteiger partial charge in [0.2, 0.25) is 0 Å². The molecule has 19 heavy (non-hydrogen) atoms. The fourth-order valence-electron chi connectivity index (χ4n) is 1.13. The van der Waals surface area contributed by atoms with Crippen LogP contribution in [0, 0.1) is 0 Å². The Labute approximate surface area is 106 Å². The number of rotatable bonds is 5. The Balaban J connectivity index is 2.56. The minimum atomic E-state index is -4.43. The molecule has 0 heterocycles. The van der Waals surface area contributed by atoms with Crippen LogP contribution in [0.3, 0.4) is 0 Å². The van der Waals surface area contributed by atoms with Gasteiger partial charge in [-0.2, -0.15) is 13.2 Å². The van der Waals surface area contributed by atoms with Crippen molar-refractivity contribution in [3.8, 4) is 5.75 Å². The first kappa shape index (κ1) is 14.8. The number of ether oxygens (including phenoxy) is 1. The summed E-state index contributed by atoms with van der Waals surface area (Å²) >= 11 is 0. The number of benzene rings is 1. The number of halogens is 3. The zero-order chi connectivity index (χ0) is 14.5. The molecule has 104 valence electrons. The maximum atomic E-state index is 11.9. The number of hydrogen-bond acceptors (Lipinski definition) is 3. The molecule has 0 aliphatic carbocycles. The van der Waals surface area contributed by atoms with Crippen molar-refractivity contribution in [3.63, 3.8) is 0 Å². The average molecular weight is 277 g/mol. The van der Waals surface area contributed by atoms with Crippen molar-refractivity contribution >= 4 is 11.9 Å². The molecule has 1 aromatic carbocycles. The second-order valence-electron chi connectivity index (χ2n) is 3.50. The van der Waals surface area contributed by atoms with E-state index < -0.39 is 31.2 Å². The minimum Gasteiger partial charge on any atom is -0.484 e. The topological polar surface area (TPSA) is 75.6 Å². The largest absolute Gasteiger partial charge is 0.484 e. The van der Waals surface area contributed by atoms with Crippen molar-refractivity contribution in [2.75, 3.05) is 13.2 Å². The number of carboxylic acid groups (broad SMARTS) is 1. The van der Waals surface area contributed by atoms with E-state index in [4.69, 9.17) is 5.11 Å². The van der Waals surface area contributed by atoms with Crippen LogP contribution in [0.15, 0.2) is 24.3 Å². The molecule has 1 aromatic rings. The quantitative estimate of drug-likeness (QED) is 0.854. The molecular weight excluding hydrogens is 267 g/mol. The monoisotopic (exact) mass is 277 g/mol. The summed E-state index contributed by atoms with van der Waals surface area (Å²) in [6, 6.07) is 4.87. The molecule has 0 atom stereocenters. The van der Waals surface area contributed by atoms with Crippen LogP contribution < -0.4 is 10.1 Å². The maximum absolute atomic E-state index is 11.9. The lowest BCUT2D eigenvalue weighted by Crippen LogP contribution is -2.29. The molecule has 1 rings (SSSR count). The predicted molar refractivity (Wildman–Crippen MR) is 58.0 cm³/mol. The van der Waals surface area contributed by atoms with Crippen LogP contribution in [0.2, 0.25) is 0 Å². The van der Waals surface area contributed by atoms with Gasteiger partial charge in [-0.05, 0) is 24.3 Å². The molecule has 8 heteroatoms. The molecule has 0 unspecified atom stereocenters. The fraction of sp³-hybridized carbons (Fsp3) is 0.273. The second kappa shape index (κ2) is 6.07. The van der Waals surface area contributed by atoms with E-state index in [2.05, 4.69) is 10.1 Å². The first-order valence-corrected chi connectivity index (χ1v) is 5.07. The molecule has 0 saturated heterocycles. The summed E-state index contributed by atoms with van der Waals surface area (Å²) in [7, 11) is 0. The number of aliphatic carboxylic acids is 1. The van der Waals surface area contributed by atoms with Crippen molar-refractivity contribution in [1.29, 1.82) is 0 Å². The summed E-state index contributed by atoms with van der Waals surface area (Å²) in [5.41, 5.74) is 0.126. The van der Waals surface area contributed by atoms with Crippen LogP contribution in [0.5, 0.6) is 5.75 Å². The van der Waals surface area contributed by atoms with E-state index in [0.717, 1.165) is 0 Å². The first-order valence-electron chi connectivity index (χ1n) is 5.07. The molecule has 0 aliphatic rings. The molecule has 1 amide bonds. The number of hydrogen-bond donors (Lipinski definition) is 2. The molecule has 0 aliphatic heterocycles. The molecule has 5 nitrogen and oxygen atoms in total. The van der Waals surface area contributed by atoms with Crippen LogP contribution in [0.1, 0.15) is 10.4 Å². The second-order valence-corrected chi connectivity index (χ2v) is 3.50. The summed E-state index contributed by atoms with van der Waals surface area (Å²) < 4.78 is 40.1. The standard InChI is InChI=1S/C11H10F3NO4/c12-11(13,14)6-19-8-3-1-7(2-4-8)10(18)15-5-9(16)17/h1-4H,5-6H2,(H,15,18)(H,16,17). The van der Waals surface area contributed by atoms with Crippen molar-refractivity contribution in [1.82, 2.24) is 5.32 Å². The predicted octanol–water partition coefficient (Wildman–Crippen LogP) is 1.44. The Morgan fingerprint density at radius 2 is 1.79 bits per heavy atom. The van der Waals surface area contributed by atoms with Crippen LogP contribution in [0.4, 0.5) is 13.2 Å². The number of amides is 1. The lowest BCUT2D eigenvalue weighted by Gasteiger charge is -2.09. The summed E-state index contributed by atoms with van der Waals surface area (Å²) in [4.78, 5) is 21.6. The Kier molecular flexibility index (Phi) is 4.74. The fourth-order valence-corrected chi connectivity index (χ4v) is 1.13. The number of carbonyl (C=O) groups is 2. The van der Waals surface area contributed by atoms with E-state index in [1.807, 2.05) is 0 Å². The minimum absolute atomic E-state index is 0.0351. The highest BCUT2D eigenvalue weighted by Crippen LogP contribution is 2.18. The van der Waals surface area contributed by atoms with E-state index in [1.165, 1.54) is 24.3 Å². The Morgan fingerprint density at radius 3 is 2.26 bits per heavy atom. The third-order valence-corrected chi connectivity index (χ3v) is 1.92. The average Bonchev–Trinajstić information content (AvgIpc) is 2.33. The van der Waals surface area contributed by atoms with Gasteiger partial charge in [-0.25, -0.2) is 0 Å². The first-order chi connectivity index (χ1) is 8.78. The van der Waals surface area contributed by atoms with E-state index in [0.29, 0.717) is 0 Å². The molecule has 0 aromatic heterocycles. The van der Waals surface area contributed by atoms with E-state index in [1.54, 1.807) is 0 Å². The molecular formula is C11H10F3NO4. The van der Waals surface area contributed by atoms with Gasteiger partial charge in [-0.1, -0.05) is 0 Å². The van der Waals surface area contributed by atoms with Crippen molar-refractivity contribution in [2.24, 2.45) is 0 Å². The Morgan fingerprint density at radius 1 is 1.21 bits per heavy atom. The lowest BCUT2D eigenvalue weighted by atomic mass is 10.2. The number of nitrogens with one attached hydrogen (secondary N) is 1. The van der Waals surface area contributed by atoms with Crippen molar-refractivity contribution in [2.45, 2.75) is 6.18 Å². The smallest absolute Gasteiger partial charge is 0.422 e. The molecule has 0 bridgehead atoms. The van der Waals surface area contributed by atoms with Crippen LogP contribution in [-0.4, -0.2) is 36.3 Å². The summed E-state index contributed by atoms with van der Waals surface area (Å²) in [6.07, 6.45) is -4.43. The van der Waals surface area contributed by atoms with Crippen LogP contribution >= 0.6 is 0 Å². The van der Waals surface area contributed by atoms with Gasteiger partial charge in [0.05, 0.1) is 0 Å². The van der Waals surface area contributed by atoms with Gasteiger partial charge in [0.15, 0.2) is 6.61 Å². The van der Waals surface area contributed by atoms with E-state index in [9.17, 15) is 22.8 Å². The van der Waals surface area contributed by atoms with Crippen LogP contribution in [-0.2, 0) is 4.79 Å². The summed E-state index contributed by atoms with van der Waals surface area (Å²) in [5, 5.41) is 10.5. The Hall–Kier alpha value is -2.25. The SMILES string of the molecule is O=C(O)CNC(=O)c1ccc(OCC(F)(F)F)cc1. The molecule has 0 saturated carbocycles. The summed E-state index contributed by atoms with van der Waals surface area (Å²) in [6.45, 7) is -1.96. The van der Waals surface area contributed by atoms with Gasteiger partial charge in [-0.3, -0.25) is 9.59 Å². The lowest BCUT2D eigenvalue weighted by molar-refractivity contribution is -0.153. The van der Waals surface area contributed by atoms with Crippen LogP contribution in [0.25, 0.3) is 0 Å². The molecule has 0 spiro atoms. The van der Waals surface area contributed by atoms with Gasteiger partial charge in [-0.15, -0.1) is 0 Å². The summed E-state index contributed by atoms with van der Waals surface area (Å²) in [5.74, 6) is -1.87. The van der Waals surface area contributed by atoms with E-state index in [-0.39, 0.29) is 11.3 Å². The third-order valence-electron chi connectivity index (χ3n) is 1.92. The van der Waals surface area contributed by atoms with Crippen molar-refractivity contribution < 1.29 is 32.6 Å². The zero-order valence-corrected chi connectivity index (χ0v) is 9.53. The highest BCUT2D eigenvalue weighted by molar-refractivity contribution is 5.95. The van der Waals surface area contributed by atoms with Gasteiger partial charge in [0.1, 0.15) is 12.3 Å². The van der Waals surface area contributed by atoms with Gasteiger partial charge in [0.25, 0.3) is 5.91 Å². The zero-order valence-electron chi connectivity index (χ0n) is 9.53. The van der Waals surface area contributed by atoms with Gasteiger partial charge in [0, 0.05) is 5.56 Å². The number of carboxylic acids is 1. The third kappa shape index (κ3) is 5.75. The van der Waals surface area contributed by atoms with E-state index >= 15 is 0 Å². The van der Waals surface area contributed by atoms with Gasteiger partial charge >= 0.3 is 12.1 Å². The van der Waals surface area contributed by atoms with Gasteiger partial charge < -0.3 is 15.2 Å². The highest BCUT2D eigenvalue weighted by atomic mass is 19.4. The van der Waals surface area contributed by atoms with Crippen molar-refractivity contribution in [3.05, 3.63) is 29.8 Å².